The van der Waals surface area contributed by atoms with Gasteiger partial charge >= 0.3 is 6.03 Å². The molecule has 25 heavy (non-hydrogen) atoms. The molecular formula is C16H16N6O3. The van der Waals surface area contributed by atoms with E-state index in [2.05, 4.69) is 25.5 Å². The van der Waals surface area contributed by atoms with Crippen LogP contribution in [0.3, 0.4) is 0 Å². The van der Waals surface area contributed by atoms with Crippen LogP contribution < -0.4 is 5.32 Å². The fraction of sp³-hybridized carbons (Fsp3) is 0.250. The van der Waals surface area contributed by atoms with Crippen molar-refractivity contribution >= 4 is 11.7 Å². The highest BCUT2D eigenvalue weighted by Crippen LogP contribution is 2.23. The molecule has 2 aromatic heterocycles. The van der Waals surface area contributed by atoms with E-state index in [0.29, 0.717) is 37.2 Å². The molecule has 1 aliphatic rings. The van der Waals surface area contributed by atoms with Gasteiger partial charge in [0.1, 0.15) is 24.5 Å². The number of benzene rings is 1. The maximum Gasteiger partial charge on any atom is 0.322 e. The highest BCUT2D eigenvalue weighted by Gasteiger charge is 2.30. The highest BCUT2D eigenvalue weighted by atomic mass is 16.5. The third-order valence-electron chi connectivity index (χ3n) is 3.95. The van der Waals surface area contributed by atoms with E-state index >= 15 is 0 Å². The number of carbonyl (C=O) groups is 1. The summed E-state index contributed by atoms with van der Waals surface area (Å²) in [6.45, 7) is 1.35. The number of H-pyrrole nitrogens is 1. The summed E-state index contributed by atoms with van der Waals surface area (Å²) in [5.41, 5.74) is 1.53. The molecule has 0 spiro atoms. The molecule has 0 radical (unpaired) electrons. The summed E-state index contributed by atoms with van der Waals surface area (Å²) >= 11 is 0. The van der Waals surface area contributed by atoms with Gasteiger partial charge in [-0.25, -0.2) is 14.8 Å². The average molecular weight is 340 g/mol. The number of hydrogen-bond acceptors (Lipinski definition) is 6. The summed E-state index contributed by atoms with van der Waals surface area (Å²) in [6.07, 6.45) is 4.53. The first-order chi connectivity index (χ1) is 12.3. The minimum atomic E-state index is -0.289. The monoisotopic (exact) mass is 340 g/mol. The molecule has 128 valence electrons. The number of aromatic amines is 1. The van der Waals surface area contributed by atoms with Crippen LogP contribution in [0.15, 0.2) is 47.5 Å². The number of carbonyl (C=O) groups excluding carboxylic acids is 1. The molecule has 0 aliphatic carbocycles. The van der Waals surface area contributed by atoms with Crippen molar-refractivity contribution in [1.82, 2.24) is 25.1 Å². The molecule has 2 N–H and O–H groups in total. The lowest BCUT2D eigenvalue weighted by atomic mass is 10.2. The third kappa shape index (κ3) is 3.22. The van der Waals surface area contributed by atoms with Crippen LogP contribution in [0.25, 0.3) is 11.5 Å². The molecule has 1 aromatic carbocycles. The van der Waals surface area contributed by atoms with Crippen LogP contribution in [0, 0.1) is 0 Å². The van der Waals surface area contributed by atoms with Gasteiger partial charge in [0.15, 0.2) is 0 Å². The van der Waals surface area contributed by atoms with Crippen molar-refractivity contribution in [2.75, 3.05) is 25.1 Å². The van der Waals surface area contributed by atoms with Gasteiger partial charge in [-0.1, -0.05) is 0 Å². The van der Waals surface area contributed by atoms with Crippen LogP contribution in [0.2, 0.25) is 0 Å². The zero-order chi connectivity index (χ0) is 17.1. The molecule has 1 aliphatic heterocycles. The highest BCUT2D eigenvalue weighted by molar-refractivity contribution is 5.89. The number of aromatic nitrogens is 4. The molecule has 1 saturated heterocycles. The van der Waals surface area contributed by atoms with E-state index in [1.165, 1.54) is 12.6 Å². The third-order valence-corrected chi connectivity index (χ3v) is 3.95. The predicted molar refractivity (Wildman–Crippen MR) is 87.6 cm³/mol. The van der Waals surface area contributed by atoms with Crippen LogP contribution in [0.1, 0.15) is 11.9 Å². The molecule has 0 unspecified atom stereocenters. The van der Waals surface area contributed by atoms with Gasteiger partial charge in [-0.2, -0.15) is 5.10 Å². The molecular weight excluding hydrogens is 324 g/mol. The van der Waals surface area contributed by atoms with Gasteiger partial charge < -0.3 is 19.4 Å². The first kappa shape index (κ1) is 15.3. The number of nitrogens with zero attached hydrogens (tertiary/aromatic N) is 4. The van der Waals surface area contributed by atoms with Gasteiger partial charge in [0.2, 0.25) is 5.89 Å². The minimum absolute atomic E-state index is 0.214. The van der Waals surface area contributed by atoms with Crippen molar-refractivity contribution in [3.8, 4) is 11.5 Å². The molecule has 1 atom stereocenters. The van der Waals surface area contributed by atoms with E-state index in [0.717, 1.165) is 5.56 Å². The molecule has 3 aromatic rings. The van der Waals surface area contributed by atoms with Crippen molar-refractivity contribution < 1.29 is 13.9 Å². The van der Waals surface area contributed by atoms with Crippen molar-refractivity contribution in [1.29, 1.82) is 0 Å². The Labute approximate surface area is 143 Å². The Balaban J connectivity index is 1.47. The maximum absolute atomic E-state index is 12.7. The van der Waals surface area contributed by atoms with Crippen LogP contribution in [0.4, 0.5) is 10.5 Å². The van der Waals surface area contributed by atoms with Gasteiger partial charge in [-0.15, -0.1) is 0 Å². The number of hydrogen-bond donors (Lipinski definition) is 2. The summed E-state index contributed by atoms with van der Waals surface area (Å²) in [4.78, 5) is 22.6. The van der Waals surface area contributed by atoms with Gasteiger partial charge in [0, 0.05) is 17.8 Å². The summed E-state index contributed by atoms with van der Waals surface area (Å²) in [5, 5.41) is 9.54. The van der Waals surface area contributed by atoms with E-state index in [4.69, 9.17) is 9.15 Å². The van der Waals surface area contributed by atoms with Crippen LogP contribution in [0.5, 0.6) is 0 Å². The predicted octanol–water partition coefficient (Wildman–Crippen LogP) is 2.07. The van der Waals surface area contributed by atoms with E-state index in [1.807, 2.05) is 12.1 Å². The number of anilines is 1. The molecule has 0 bridgehead atoms. The first-order valence-corrected chi connectivity index (χ1v) is 7.82. The lowest BCUT2D eigenvalue weighted by Crippen LogP contribution is -2.45. The van der Waals surface area contributed by atoms with Crippen molar-refractivity contribution in [3.05, 3.63) is 48.9 Å². The van der Waals surface area contributed by atoms with Gasteiger partial charge in [0.25, 0.3) is 0 Å². The van der Waals surface area contributed by atoms with E-state index < -0.39 is 0 Å². The minimum Gasteiger partial charge on any atom is -0.445 e. The Morgan fingerprint density at radius 1 is 1.28 bits per heavy atom. The second kappa shape index (κ2) is 6.73. The summed E-state index contributed by atoms with van der Waals surface area (Å²) < 4.78 is 10.7. The number of urea groups is 1. The van der Waals surface area contributed by atoms with E-state index in [9.17, 15) is 4.79 Å². The number of ether oxygens (including phenoxy) is 1. The van der Waals surface area contributed by atoms with E-state index in [1.54, 1.807) is 23.2 Å². The Morgan fingerprint density at radius 3 is 2.88 bits per heavy atom. The molecule has 9 nitrogen and oxygen atoms in total. The number of rotatable bonds is 3. The standard InChI is InChI=1S/C16H16N6O3/c23-16(22-6-8-24-9-13(22)14-18-10-19-21-14)20-12-3-1-11(2-4-12)15-17-5-7-25-15/h1-5,7,10,13H,6,8-9H2,(H,20,23)(H,18,19,21)/t13-/m1/s1. The van der Waals surface area contributed by atoms with Crippen molar-refractivity contribution in [2.45, 2.75) is 6.04 Å². The largest absolute Gasteiger partial charge is 0.445 e. The van der Waals surface area contributed by atoms with Crippen LogP contribution in [-0.2, 0) is 4.74 Å². The summed E-state index contributed by atoms with van der Waals surface area (Å²) in [7, 11) is 0. The average Bonchev–Trinajstić information content (AvgIpc) is 3.36. The first-order valence-electron chi connectivity index (χ1n) is 7.82. The zero-order valence-electron chi connectivity index (χ0n) is 13.3. The van der Waals surface area contributed by atoms with Gasteiger partial charge in [0.05, 0.1) is 19.4 Å². The molecule has 0 saturated carbocycles. The Kier molecular flexibility index (Phi) is 4.13. The second-order valence-electron chi connectivity index (χ2n) is 5.50. The lowest BCUT2D eigenvalue weighted by molar-refractivity contribution is 0.0118. The van der Waals surface area contributed by atoms with Crippen molar-refractivity contribution in [3.63, 3.8) is 0 Å². The maximum atomic E-state index is 12.7. The lowest BCUT2D eigenvalue weighted by Gasteiger charge is -2.34. The Morgan fingerprint density at radius 2 is 2.16 bits per heavy atom. The van der Waals surface area contributed by atoms with Crippen LogP contribution >= 0.6 is 0 Å². The second-order valence-corrected chi connectivity index (χ2v) is 5.50. The number of morpholine rings is 1. The quantitative estimate of drug-likeness (QED) is 0.755. The SMILES string of the molecule is O=C(Nc1ccc(-c2ncco2)cc1)N1CCOC[C@@H]1c1ncn[nH]1. The number of amides is 2. The zero-order valence-corrected chi connectivity index (χ0v) is 13.3. The van der Waals surface area contributed by atoms with E-state index in [-0.39, 0.29) is 12.1 Å². The van der Waals surface area contributed by atoms with Gasteiger partial charge in [-0.05, 0) is 24.3 Å². The smallest absolute Gasteiger partial charge is 0.322 e. The van der Waals surface area contributed by atoms with Gasteiger partial charge in [-0.3, -0.25) is 5.10 Å². The Bertz CT molecular complexity index is 816. The number of oxazole rings is 1. The fourth-order valence-electron chi connectivity index (χ4n) is 2.71. The topological polar surface area (TPSA) is 109 Å². The summed E-state index contributed by atoms with van der Waals surface area (Å²) in [6, 6.07) is 6.79. The molecule has 1 fully saturated rings. The Hall–Kier alpha value is -3.20. The molecule has 9 heteroatoms. The fourth-order valence-corrected chi connectivity index (χ4v) is 2.71. The van der Waals surface area contributed by atoms with Crippen LogP contribution in [-0.4, -0.2) is 50.9 Å². The number of nitrogens with one attached hydrogen (secondary N) is 2. The molecule has 2 amide bonds. The summed E-state index contributed by atoms with van der Waals surface area (Å²) in [5.74, 6) is 1.14. The normalized spacial score (nSPS) is 17.4. The molecule has 3 heterocycles. The van der Waals surface area contributed by atoms with Crippen molar-refractivity contribution in [2.24, 2.45) is 0 Å². The molecule has 4 rings (SSSR count).